The van der Waals surface area contributed by atoms with E-state index in [0.717, 1.165) is 0 Å². The first-order valence-electron chi connectivity index (χ1n) is 6.52. The van der Waals surface area contributed by atoms with Crippen LogP contribution in [-0.2, 0) is 9.59 Å². The van der Waals surface area contributed by atoms with E-state index in [1.54, 1.807) is 0 Å². The van der Waals surface area contributed by atoms with Crippen molar-refractivity contribution in [3.05, 3.63) is 30.1 Å². The van der Waals surface area contributed by atoms with Gasteiger partial charge in [0.1, 0.15) is 11.6 Å². The zero-order valence-electron chi connectivity index (χ0n) is 11.5. The minimum absolute atomic E-state index is 0.0430. The molecule has 0 unspecified atom stereocenters. The summed E-state index contributed by atoms with van der Waals surface area (Å²) in [5.41, 5.74) is 0. The van der Waals surface area contributed by atoms with Crippen molar-refractivity contribution in [3.8, 4) is 5.75 Å². The molecule has 0 aliphatic carbocycles. The molecule has 2 N–H and O–H groups in total. The van der Waals surface area contributed by atoms with Crippen LogP contribution < -0.4 is 10.1 Å². The second-order valence-corrected chi connectivity index (χ2v) is 5.31. The molecule has 0 spiro atoms. The Morgan fingerprint density at radius 1 is 1.29 bits per heavy atom. The fourth-order valence-corrected chi connectivity index (χ4v) is 2.03. The van der Waals surface area contributed by atoms with E-state index < -0.39 is 5.97 Å². The van der Waals surface area contributed by atoms with Crippen LogP contribution in [-0.4, -0.2) is 41.6 Å². The van der Waals surface area contributed by atoms with Gasteiger partial charge in [-0.15, -0.1) is 11.8 Å². The molecule has 0 bridgehead atoms. The maximum absolute atomic E-state index is 12.7. The molecule has 5 nitrogen and oxygen atoms in total. The summed E-state index contributed by atoms with van der Waals surface area (Å²) >= 11 is 1.26. The summed E-state index contributed by atoms with van der Waals surface area (Å²) in [4.78, 5) is 21.7. The topological polar surface area (TPSA) is 75.6 Å². The molecule has 21 heavy (non-hydrogen) atoms. The lowest BCUT2D eigenvalue weighted by atomic mass is 10.3. The summed E-state index contributed by atoms with van der Waals surface area (Å²) in [6.45, 7) is 0.836. The van der Waals surface area contributed by atoms with Gasteiger partial charge in [0.25, 0.3) is 0 Å². The second kappa shape index (κ2) is 10.0. The van der Waals surface area contributed by atoms with Crippen molar-refractivity contribution < 1.29 is 23.8 Å². The van der Waals surface area contributed by atoms with Crippen molar-refractivity contribution in [2.75, 3.05) is 24.7 Å². The van der Waals surface area contributed by atoms with Gasteiger partial charge in [-0.1, -0.05) is 0 Å². The largest absolute Gasteiger partial charge is 0.494 e. The molecule has 1 rings (SSSR count). The van der Waals surface area contributed by atoms with Crippen molar-refractivity contribution in [2.45, 2.75) is 12.8 Å². The number of halogens is 1. The highest BCUT2D eigenvalue weighted by Crippen LogP contribution is 2.11. The molecular formula is C14H18FNO4S. The fourth-order valence-electron chi connectivity index (χ4n) is 1.46. The molecule has 116 valence electrons. The summed E-state index contributed by atoms with van der Waals surface area (Å²) in [6.07, 6.45) is 0.899. The third-order valence-electron chi connectivity index (χ3n) is 2.42. The maximum atomic E-state index is 12.7. The zero-order valence-corrected chi connectivity index (χ0v) is 12.3. The summed E-state index contributed by atoms with van der Waals surface area (Å²) in [5, 5.41) is 11.1. The zero-order chi connectivity index (χ0) is 15.5. The molecule has 1 aromatic rings. The molecule has 7 heteroatoms. The molecule has 1 aromatic carbocycles. The standard InChI is InChI=1S/C14H18FNO4S/c15-11-3-5-12(6-4-11)20-8-1-2-13(17)16-7-9-21-10-14(18)19/h3-6H,1-2,7-10H2,(H,16,17)(H,18,19). The Labute approximate surface area is 126 Å². The molecule has 0 heterocycles. The van der Waals surface area contributed by atoms with Gasteiger partial charge in [0.15, 0.2) is 0 Å². The number of benzene rings is 1. The van der Waals surface area contributed by atoms with E-state index in [-0.39, 0.29) is 17.5 Å². The Bertz CT molecular complexity index is 453. The van der Waals surface area contributed by atoms with Crippen molar-refractivity contribution >= 4 is 23.6 Å². The number of ether oxygens (including phenoxy) is 1. The van der Waals surface area contributed by atoms with Crippen molar-refractivity contribution in [1.82, 2.24) is 5.32 Å². The van der Waals surface area contributed by atoms with Crippen LogP contribution >= 0.6 is 11.8 Å². The molecule has 0 atom stereocenters. The molecular weight excluding hydrogens is 297 g/mol. The number of nitrogens with one attached hydrogen (secondary N) is 1. The van der Waals surface area contributed by atoms with E-state index in [2.05, 4.69) is 5.32 Å². The van der Waals surface area contributed by atoms with Gasteiger partial charge >= 0.3 is 5.97 Å². The molecule has 0 saturated heterocycles. The van der Waals surface area contributed by atoms with E-state index in [1.807, 2.05) is 0 Å². The van der Waals surface area contributed by atoms with Crippen LogP contribution in [0.25, 0.3) is 0 Å². The molecule has 0 fully saturated rings. The smallest absolute Gasteiger partial charge is 0.313 e. The number of amides is 1. The monoisotopic (exact) mass is 315 g/mol. The first-order chi connectivity index (χ1) is 10.1. The van der Waals surface area contributed by atoms with E-state index in [9.17, 15) is 14.0 Å². The first-order valence-corrected chi connectivity index (χ1v) is 7.68. The van der Waals surface area contributed by atoms with Crippen molar-refractivity contribution in [1.29, 1.82) is 0 Å². The van der Waals surface area contributed by atoms with Gasteiger partial charge in [-0.2, -0.15) is 0 Å². The predicted molar refractivity (Wildman–Crippen MR) is 79.1 cm³/mol. The molecule has 0 aromatic heterocycles. The quantitative estimate of drug-likeness (QED) is 0.645. The van der Waals surface area contributed by atoms with Crippen molar-refractivity contribution in [3.63, 3.8) is 0 Å². The van der Waals surface area contributed by atoms with Gasteiger partial charge in [0.2, 0.25) is 5.91 Å². The maximum Gasteiger partial charge on any atom is 0.313 e. The van der Waals surface area contributed by atoms with Gasteiger partial charge in [-0.25, -0.2) is 4.39 Å². The highest BCUT2D eigenvalue weighted by Gasteiger charge is 2.02. The van der Waals surface area contributed by atoms with Crippen LogP contribution in [0.2, 0.25) is 0 Å². The van der Waals surface area contributed by atoms with Crippen LogP contribution in [0.5, 0.6) is 5.75 Å². The minimum atomic E-state index is -0.857. The number of hydrogen-bond acceptors (Lipinski definition) is 4. The van der Waals surface area contributed by atoms with Crippen molar-refractivity contribution in [2.24, 2.45) is 0 Å². The Kier molecular flexibility index (Phi) is 8.27. The number of carboxylic acid groups (broad SMARTS) is 1. The van der Waals surface area contributed by atoms with Crippen LogP contribution in [0, 0.1) is 5.82 Å². The van der Waals surface area contributed by atoms with E-state index in [0.29, 0.717) is 37.5 Å². The van der Waals surface area contributed by atoms with Crippen LogP contribution in [0.1, 0.15) is 12.8 Å². The SMILES string of the molecule is O=C(O)CSCCNC(=O)CCCOc1ccc(F)cc1. The summed E-state index contributed by atoms with van der Waals surface area (Å²) < 4.78 is 18.0. The second-order valence-electron chi connectivity index (χ2n) is 4.20. The molecule has 0 saturated carbocycles. The molecule has 0 radical (unpaired) electrons. The lowest BCUT2D eigenvalue weighted by molar-refractivity contribution is -0.133. The van der Waals surface area contributed by atoms with Gasteiger partial charge in [0, 0.05) is 18.7 Å². The number of carboxylic acids is 1. The minimum Gasteiger partial charge on any atom is -0.494 e. The summed E-state index contributed by atoms with van der Waals surface area (Å²) in [6, 6.07) is 5.71. The lowest BCUT2D eigenvalue weighted by Crippen LogP contribution is -2.26. The normalized spacial score (nSPS) is 10.1. The van der Waals surface area contributed by atoms with Crippen LogP contribution in [0.3, 0.4) is 0 Å². The highest BCUT2D eigenvalue weighted by atomic mass is 32.2. The number of rotatable bonds is 10. The van der Waals surface area contributed by atoms with E-state index in [4.69, 9.17) is 9.84 Å². The third kappa shape index (κ3) is 8.91. The number of aliphatic carboxylic acids is 1. The predicted octanol–water partition coefficient (Wildman–Crippen LogP) is 1.92. The summed E-state index contributed by atoms with van der Waals surface area (Å²) in [7, 11) is 0. The van der Waals surface area contributed by atoms with E-state index >= 15 is 0 Å². The highest BCUT2D eigenvalue weighted by molar-refractivity contribution is 7.99. The number of hydrogen-bond donors (Lipinski definition) is 2. The van der Waals surface area contributed by atoms with Gasteiger partial charge in [0.05, 0.1) is 12.4 Å². The van der Waals surface area contributed by atoms with Gasteiger partial charge in [-0.05, 0) is 30.7 Å². The van der Waals surface area contributed by atoms with Gasteiger partial charge in [-0.3, -0.25) is 9.59 Å². The fraction of sp³-hybridized carbons (Fsp3) is 0.429. The number of carbonyl (C=O) groups excluding carboxylic acids is 1. The lowest BCUT2D eigenvalue weighted by Gasteiger charge is -2.07. The van der Waals surface area contributed by atoms with Gasteiger partial charge < -0.3 is 15.2 Å². The Morgan fingerprint density at radius 2 is 2.00 bits per heavy atom. The average Bonchev–Trinajstić information content (AvgIpc) is 2.45. The molecule has 0 aliphatic rings. The first kappa shape index (κ1) is 17.3. The Hall–Kier alpha value is -1.76. The molecule has 0 aliphatic heterocycles. The Balaban J connectivity index is 2.00. The molecule has 1 amide bonds. The third-order valence-corrected chi connectivity index (χ3v) is 3.37. The van der Waals surface area contributed by atoms with Crippen LogP contribution in [0.4, 0.5) is 4.39 Å². The average molecular weight is 315 g/mol. The van der Waals surface area contributed by atoms with Crippen LogP contribution in [0.15, 0.2) is 24.3 Å². The Morgan fingerprint density at radius 3 is 2.67 bits per heavy atom. The summed E-state index contributed by atoms with van der Waals surface area (Å²) in [5.74, 6) is -0.0758. The number of thioether (sulfide) groups is 1. The van der Waals surface area contributed by atoms with E-state index in [1.165, 1.54) is 36.0 Å². The number of carbonyl (C=O) groups is 2.